The van der Waals surface area contributed by atoms with Crippen molar-refractivity contribution in [2.75, 3.05) is 13.1 Å². The summed E-state index contributed by atoms with van der Waals surface area (Å²) in [6.45, 7) is 3.92. The second kappa shape index (κ2) is 5.11. The maximum absolute atomic E-state index is 12.4. The number of amides is 1. The van der Waals surface area contributed by atoms with E-state index in [-0.39, 0.29) is 24.2 Å². The molecule has 0 aromatic carbocycles. The Hall–Kier alpha value is -2.11. The summed E-state index contributed by atoms with van der Waals surface area (Å²) in [7, 11) is 1.70. The molecule has 1 fully saturated rings. The Morgan fingerprint density at radius 2 is 1.95 bits per heavy atom. The van der Waals surface area contributed by atoms with Gasteiger partial charge in [0.15, 0.2) is 5.78 Å². The lowest BCUT2D eigenvalue weighted by atomic mass is 9.99. The van der Waals surface area contributed by atoms with Crippen LogP contribution in [0.4, 0.5) is 0 Å². The van der Waals surface area contributed by atoms with Crippen LogP contribution < -0.4 is 0 Å². The molecular weight excluding hydrogens is 260 g/mol. The zero-order chi connectivity index (χ0) is 15.0. The molecule has 0 aliphatic carbocycles. The van der Waals surface area contributed by atoms with Gasteiger partial charge in [0.25, 0.3) is 5.91 Å². The van der Waals surface area contributed by atoms with Crippen molar-refractivity contribution < 1.29 is 19.5 Å². The molecular formula is C14H18N2O4. The summed E-state index contributed by atoms with van der Waals surface area (Å²) in [6, 6.07) is 1.56. The van der Waals surface area contributed by atoms with Crippen LogP contribution in [0.5, 0.6) is 0 Å². The lowest BCUT2D eigenvalue weighted by Crippen LogP contribution is -2.31. The van der Waals surface area contributed by atoms with Gasteiger partial charge in [0, 0.05) is 31.9 Å². The number of Topliss-reactive ketones (excluding diaryl/α,β-unsaturated/α-hetero) is 1. The number of carbonyl (C=O) groups excluding carboxylic acids is 2. The number of hydrogen-bond acceptors (Lipinski definition) is 3. The van der Waals surface area contributed by atoms with Crippen molar-refractivity contribution in [2.45, 2.75) is 13.8 Å². The minimum Gasteiger partial charge on any atom is -0.481 e. The van der Waals surface area contributed by atoms with Crippen LogP contribution in [0.1, 0.15) is 34.7 Å². The molecule has 2 atom stereocenters. The monoisotopic (exact) mass is 278 g/mol. The number of carboxylic acid groups (broad SMARTS) is 1. The van der Waals surface area contributed by atoms with E-state index in [1.807, 2.05) is 6.92 Å². The smallest absolute Gasteiger partial charge is 0.308 e. The van der Waals surface area contributed by atoms with Crippen LogP contribution in [0.15, 0.2) is 12.3 Å². The Labute approximate surface area is 117 Å². The van der Waals surface area contributed by atoms with Gasteiger partial charge in [0.1, 0.15) is 5.69 Å². The lowest BCUT2D eigenvalue weighted by Gasteiger charge is -2.16. The van der Waals surface area contributed by atoms with Gasteiger partial charge in [0.2, 0.25) is 0 Å². The fourth-order valence-electron chi connectivity index (χ4n) is 2.59. The number of aromatic nitrogens is 1. The standard InChI is InChI=1S/C14H18N2O4/c1-8-5-16(7-11(8)14(19)20)13(18)12-4-10(9(2)17)6-15(12)3/h4,6,8,11H,5,7H2,1-3H3,(H,19,20)/t8-,11-/m1/s1. The fourth-order valence-corrected chi connectivity index (χ4v) is 2.59. The van der Waals surface area contributed by atoms with Crippen LogP contribution in [0, 0.1) is 11.8 Å². The van der Waals surface area contributed by atoms with Gasteiger partial charge >= 0.3 is 5.97 Å². The molecule has 0 radical (unpaired) electrons. The molecule has 20 heavy (non-hydrogen) atoms. The van der Waals surface area contributed by atoms with Crippen molar-refractivity contribution in [2.24, 2.45) is 18.9 Å². The first-order valence-electron chi connectivity index (χ1n) is 6.50. The van der Waals surface area contributed by atoms with Gasteiger partial charge in [-0.25, -0.2) is 0 Å². The third-order valence-electron chi connectivity index (χ3n) is 3.85. The number of aryl methyl sites for hydroxylation is 1. The van der Waals surface area contributed by atoms with Crippen LogP contribution in [-0.2, 0) is 11.8 Å². The highest BCUT2D eigenvalue weighted by Crippen LogP contribution is 2.25. The van der Waals surface area contributed by atoms with E-state index in [1.54, 1.807) is 28.8 Å². The van der Waals surface area contributed by atoms with Gasteiger partial charge in [-0.2, -0.15) is 0 Å². The maximum atomic E-state index is 12.4. The Balaban J connectivity index is 2.21. The number of aliphatic carboxylic acids is 1. The topological polar surface area (TPSA) is 79.6 Å². The summed E-state index contributed by atoms with van der Waals surface area (Å²) in [6.07, 6.45) is 1.61. The zero-order valence-corrected chi connectivity index (χ0v) is 11.8. The average molecular weight is 278 g/mol. The Morgan fingerprint density at radius 3 is 2.40 bits per heavy atom. The molecule has 0 spiro atoms. The average Bonchev–Trinajstić information content (AvgIpc) is 2.92. The van der Waals surface area contributed by atoms with E-state index < -0.39 is 11.9 Å². The highest BCUT2D eigenvalue weighted by molar-refractivity contribution is 5.99. The summed E-state index contributed by atoms with van der Waals surface area (Å²) in [5.74, 6) is -1.78. The predicted molar refractivity (Wildman–Crippen MR) is 71.6 cm³/mol. The van der Waals surface area contributed by atoms with Crippen molar-refractivity contribution in [1.82, 2.24) is 9.47 Å². The van der Waals surface area contributed by atoms with Gasteiger partial charge in [-0.15, -0.1) is 0 Å². The van der Waals surface area contributed by atoms with E-state index in [4.69, 9.17) is 5.11 Å². The van der Waals surface area contributed by atoms with Crippen molar-refractivity contribution in [3.63, 3.8) is 0 Å². The molecule has 6 nitrogen and oxygen atoms in total. The Bertz CT molecular complexity index is 576. The van der Waals surface area contributed by atoms with Gasteiger partial charge in [-0.3, -0.25) is 14.4 Å². The number of likely N-dealkylation sites (tertiary alicyclic amines) is 1. The predicted octanol–water partition coefficient (Wildman–Crippen LogP) is 1.02. The molecule has 0 saturated carbocycles. The first-order valence-corrected chi connectivity index (χ1v) is 6.50. The Morgan fingerprint density at radius 1 is 1.30 bits per heavy atom. The van der Waals surface area contributed by atoms with Crippen molar-refractivity contribution >= 4 is 17.7 Å². The molecule has 1 aromatic rings. The van der Waals surface area contributed by atoms with E-state index in [9.17, 15) is 14.4 Å². The van der Waals surface area contributed by atoms with Crippen molar-refractivity contribution in [1.29, 1.82) is 0 Å². The van der Waals surface area contributed by atoms with Gasteiger partial charge in [0.05, 0.1) is 5.92 Å². The fraction of sp³-hybridized carbons (Fsp3) is 0.500. The third kappa shape index (κ3) is 2.45. The molecule has 1 aromatic heterocycles. The maximum Gasteiger partial charge on any atom is 0.308 e. The quantitative estimate of drug-likeness (QED) is 0.837. The number of carboxylic acids is 1. The van der Waals surface area contributed by atoms with Crippen LogP contribution in [0.25, 0.3) is 0 Å². The molecule has 0 unspecified atom stereocenters. The highest BCUT2D eigenvalue weighted by atomic mass is 16.4. The molecule has 1 aliphatic rings. The molecule has 6 heteroatoms. The minimum absolute atomic E-state index is 0.0657. The molecule has 2 heterocycles. The van der Waals surface area contributed by atoms with Crippen LogP contribution in [0.2, 0.25) is 0 Å². The van der Waals surface area contributed by atoms with Crippen LogP contribution in [0.3, 0.4) is 0 Å². The lowest BCUT2D eigenvalue weighted by molar-refractivity contribution is -0.142. The first kappa shape index (κ1) is 14.3. The number of ketones is 1. The molecule has 1 saturated heterocycles. The number of rotatable bonds is 3. The Kier molecular flexibility index (Phi) is 3.65. The molecule has 1 aliphatic heterocycles. The number of hydrogen-bond donors (Lipinski definition) is 1. The van der Waals surface area contributed by atoms with E-state index in [2.05, 4.69) is 0 Å². The number of carbonyl (C=O) groups is 3. The van der Waals surface area contributed by atoms with Crippen LogP contribution >= 0.6 is 0 Å². The van der Waals surface area contributed by atoms with Gasteiger partial charge < -0.3 is 14.6 Å². The SMILES string of the molecule is CC(=O)c1cc(C(=O)N2C[C@@H](C)[C@H](C(=O)O)C2)n(C)c1. The van der Waals surface area contributed by atoms with E-state index in [1.165, 1.54) is 6.92 Å². The van der Waals surface area contributed by atoms with Gasteiger partial charge in [-0.05, 0) is 18.9 Å². The molecule has 0 bridgehead atoms. The normalized spacial score (nSPS) is 22.1. The molecule has 1 amide bonds. The molecule has 108 valence electrons. The van der Waals surface area contributed by atoms with E-state index >= 15 is 0 Å². The molecule has 2 rings (SSSR count). The summed E-state index contributed by atoms with van der Waals surface area (Å²) in [4.78, 5) is 36.4. The van der Waals surface area contributed by atoms with E-state index in [0.29, 0.717) is 17.8 Å². The van der Waals surface area contributed by atoms with Crippen LogP contribution in [-0.4, -0.2) is 45.3 Å². The summed E-state index contributed by atoms with van der Waals surface area (Å²) >= 11 is 0. The second-order valence-electron chi connectivity index (χ2n) is 5.41. The largest absolute Gasteiger partial charge is 0.481 e. The van der Waals surface area contributed by atoms with Crippen molar-refractivity contribution in [3.8, 4) is 0 Å². The third-order valence-corrected chi connectivity index (χ3v) is 3.85. The summed E-state index contributed by atoms with van der Waals surface area (Å²) < 4.78 is 1.61. The van der Waals surface area contributed by atoms with E-state index in [0.717, 1.165) is 0 Å². The first-order chi connectivity index (χ1) is 9.31. The summed E-state index contributed by atoms with van der Waals surface area (Å²) in [5.41, 5.74) is 0.895. The zero-order valence-electron chi connectivity index (χ0n) is 11.8. The molecule has 1 N–H and O–H groups in total. The summed E-state index contributed by atoms with van der Waals surface area (Å²) in [5, 5.41) is 9.10. The highest BCUT2D eigenvalue weighted by Gasteiger charge is 2.37. The minimum atomic E-state index is -0.871. The van der Waals surface area contributed by atoms with Crippen molar-refractivity contribution in [3.05, 3.63) is 23.5 Å². The number of nitrogens with zero attached hydrogens (tertiary/aromatic N) is 2. The van der Waals surface area contributed by atoms with Gasteiger partial charge in [-0.1, -0.05) is 6.92 Å². The second-order valence-corrected chi connectivity index (χ2v) is 5.41.